The van der Waals surface area contributed by atoms with Crippen LogP contribution in [0.25, 0.3) is 0 Å². The molecule has 1 aromatic heterocycles. The van der Waals surface area contributed by atoms with Gasteiger partial charge in [0.1, 0.15) is 73.8 Å². The van der Waals surface area contributed by atoms with Gasteiger partial charge in [-0.25, -0.2) is 0 Å². The zero-order valence-electron chi connectivity index (χ0n) is 78.4. The fourth-order valence-corrected chi connectivity index (χ4v) is 16.5. The van der Waals surface area contributed by atoms with Crippen molar-refractivity contribution >= 4 is 307 Å². The molecule has 0 fully saturated rings. The number of aromatic hydroxyl groups is 3. The molecule has 0 saturated carbocycles. The lowest BCUT2D eigenvalue weighted by Crippen LogP contribution is -2.22. The van der Waals surface area contributed by atoms with Gasteiger partial charge in [-0.05, 0) is 332 Å². The van der Waals surface area contributed by atoms with E-state index in [-0.39, 0.29) is 22.8 Å². The van der Waals surface area contributed by atoms with Crippen LogP contribution in [0.5, 0.6) is 51.7 Å². The van der Waals surface area contributed by atoms with E-state index in [1.807, 2.05) is 159 Å². The van der Waals surface area contributed by atoms with Crippen molar-refractivity contribution in [2.45, 2.75) is 34.6 Å². The number of anilines is 2. The van der Waals surface area contributed by atoms with E-state index in [0.29, 0.717) is 138 Å². The van der Waals surface area contributed by atoms with Gasteiger partial charge in [0, 0.05) is 142 Å². The van der Waals surface area contributed by atoms with Gasteiger partial charge in [-0.3, -0.25) is 67.3 Å². The molecule has 25 nitrogen and oxygen atoms in total. The average molecular weight is 2840 g/mol. The van der Waals surface area contributed by atoms with Crippen LogP contribution in [0.1, 0.15) is 167 Å². The molecule has 0 aliphatic carbocycles. The van der Waals surface area contributed by atoms with Crippen LogP contribution in [-0.4, -0.2) is 171 Å². The van der Waals surface area contributed by atoms with Gasteiger partial charge < -0.3 is 53.5 Å². The molecule has 12 aromatic carbocycles. The van der Waals surface area contributed by atoms with Crippen molar-refractivity contribution in [1.82, 2.24) is 4.98 Å². The molecule has 1 heterocycles. The molecule has 0 atom stereocenters. The summed E-state index contributed by atoms with van der Waals surface area (Å²) < 4.78 is 40.4. The summed E-state index contributed by atoms with van der Waals surface area (Å²) in [6.07, 6.45) is 13.3. The Hall–Kier alpha value is -10.2. The zero-order chi connectivity index (χ0) is 108. The van der Waals surface area contributed by atoms with E-state index in [0.717, 1.165) is 144 Å². The van der Waals surface area contributed by atoms with Gasteiger partial charge in [0.2, 0.25) is 0 Å². The number of hydrogen-bond donors (Lipinski definition) is 3. The van der Waals surface area contributed by atoms with Crippen molar-refractivity contribution in [1.29, 1.82) is 0 Å². The molecule has 13 aromatic rings. The quantitative estimate of drug-likeness (QED) is 0.0373. The number of phenolic OH excluding ortho intramolecular Hbond substituents is 3. The number of pyridine rings is 1. The lowest BCUT2D eigenvalue weighted by molar-refractivity contribution is 0.111. The van der Waals surface area contributed by atoms with Crippen LogP contribution < -0.4 is 38.2 Å². The maximum atomic E-state index is 10.5. The highest BCUT2D eigenvalue weighted by atomic mass is 127. The van der Waals surface area contributed by atoms with Gasteiger partial charge in [-0.1, -0.05) is 146 Å². The maximum Gasteiger partial charge on any atom is 0.174 e. The second-order valence-corrected chi connectivity index (χ2v) is 39.1. The Balaban J connectivity index is 0.000000776. The van der Waals surface area contributed by atoms with E-state index < -0.39 is 0 Å². The van der Waals surface area contributed by atoms with Crippen LogP contribution in [0.3, 0.4) is 0 Å². The van der Waals surface area contributed by atoms with Crippen molar-refractivity contribution < 1.29 is 106 Å². The zero-order valence-corrected chi connectivity index (χ0v) is 99.6. The number of carbonyl (C=O) groups excluding carboxylic acids is 13. The van der Waals surface area contributed by atoms with Crippen molar-refractivity contribution in [3.63, 3.8) is 0 Å². The Bertz CT molecular complexity index is 6210. The van der Waals surface area contributed by atoms with Gasteiger partial charge in [0.25, 0.3) is 0 Å². The van der Waals surface area contributed by atoms with Crippen LogP contribution in [0, 0.1) is 17.4 Å². The third-order valence-corrected chi connectivity index (χ3v) is 26.3. The van der Waals surface area contributed by atoms with E-state index in [1.165, 1.54) is 52.8 Å². The molecule has 0 aliphatic heterocycles. The van der Waals surface area contributed by atoms with E-state index in [9.17, 15) is 77.6 Å². The number of nitrogens with zero attached hydrogens (tertiary/aromatic N) is 3. The molecule has 0 aliphatic rings. The second kappa shape index (κ2) is 74.6. The molecule has 0 amide bonds. The monoisotopic (exact) mass is 2820 g/mol. The molecule has 3 N–H and O–H groups in total. The first-order valence-electron chi connectivity index (χ1n) is 41.1. The molecule has 0 spiro atoms. The number of ether oxygens (including phenoxy) is 6. The van der Waals surface area contributed by atoms with Crippen LogP contribution in [0.4, 0.5) is 11.4 Å². The molecule has 0 saturated heterocycles. The largest absolute Gasteiger partial charge is 0.506 e. The molecule has 38 heteroatoms. The normalized spacial score (nSPS) is 9.41. The number of methoxy groups -OCH3 is 5. The molecule has 0 radical (unpaired) electrons. The number of aryl methyl sites for hydroxylation is 2. The summed E-state index contributed by atoms with van der Waals surface area (Å²) in [6, 6.07) is 63.4. The summed E-state index contributed by atoms with van der Waals surface area (Å²) in [6.45, 7) is 12.7. The number of rotatable bonds is 24. The number of hydrogen-bond acceptors (Lipinski definition) is 25. The number of carbonyl (C=O) groups is 13. The Morgan fingerprint density at radius 3 is 1.13 bits per heavy atom. The van der Waals surface area contributed by atoms with Gasteiger partial charge in [0.15, 0.2) is 59.6 Å². The van der Waals surface area contributed by atoms with Crippen molar-refractivity contribution in [2.75, 3.05) is 79.1 Å². The topological polar surface area (TPSA) is 357 Å². The highest BCUT2D eigenvalue weighted by Gasteiger charge is 2.14. The summed E-state index contributed by atoms with van der Waals surface area (Å²) in [5, 5.41) is 28.0. The van der Waals surface area contributed by atoms with Gasteiger partial charge in [-0.2, -0.15) is 0 Å². The fraction of sp³-hybridized carbons (Fsp3) is 0.143. The molecule has 754 valence electrons. The van der Waals surface area contributed by atoms with Crippen molar-refractivity contribution in [3.05, 3.63) is 371 Å². The number of phenols is 3. The highest BCUT2D eigenvalue weighted by Crippen LogP contribution is 2.39. The van der Waals surface area contributed by atoms with Gasteiger partial charge in [-0.15, -0.1) is 0 Å². The molecule has 0 unspecified atom stereocenters. The lowest BCUT2D eigenvalue weighted by atomic mass is 10.2. The maximum absolute atomic E-state index is 10.5. The van der Waals surface area contributed by atoms with Gasteiger partial charge >= 0.3 is 0 Å². The second-order valence-electron chi connectivity index (χ2n) is 27.6. The van der Waals surface area contributed by atoms with Crippen LogP contribution in [-0.2, 0) is 0 Å². The summed E-state index contributed by atoms with van der Waals surface area (Å²) >= 11 is 41.1. The minimum Gasteiger partial charge on any atom is -0.506 e. The summed E-state index contributed by atoms with van der Waals surface area (Å²) in [7, 11) is 11.4. The minimum absolute atomic E-state index is 0.0536. The number of aldehydes is 13. The van der Waals surface area contributed by atoms with Gasteiger partial charge in [0.05, 0.1) is 80.6 Å². The molecular weight excluding hydrogens is 2740 g/mol. The number of benzene rings is 12. The van der Waals surface area contributed by atoms with E-state index in [1.54, 1.807) is 116 Å². The number of aromatic nitrogens is 1. The Kier molecular flexibility index (Phi) is 68.3. The minimum atomic E-state index is -0.0641. The third kappa shape index (κ3) is 49.5. The summed E-state index contributed by atoms with van der Waals surface area (Å²) in [4.78, 5) is 142. The first-order valence-corrected chi connectivity index (χ1v) is 51.6. The Morgan fingerprint density at radius 2 is 0.734 bits per heavy atom. The average Bonchev–Trinajstić information content (AvgIpc) is 0.851. The van der Waals surface area contributed by atoms with Crippen LogP contribution in [0.2, 0.25) is 0 Å². The molecule has 0 bridgehead atoms. The lowest BCUT2D eigenvalue weighted by Gasteiger charge is -2.22. The van der Waals surface area contributed by atoms with Crippen molar-refractivity contribution in [2.24, 2.45) is 0 Å². The first-order chi connectivity index (χ1) is 68.2. The van der Waals surface area contributed by atoms with Crippen molar-refractivity contribution in [3.8, 4) is 51.7 Å². The first kappa shape index (κ1) is 131. The smallest absolute Gasteiger partial charge is 0.174 e. The molecular formula is C105H96Br12IN3O22. The standard InChI is InChI=1S/C11H14BrNO.C9H10BrNO.C9H9BrO3.C9H9BrO2.2C8H7BrO3.2C8H7BrO.C8H7IO3.3C7H5BrO.C6H4BrNO/c1-3-13(4-2)11-6-5-9(8-14)7-10(11)12;1-11(2)9-4-3-7(6-12)5-8(9)10;1-12-8-4-6(5-11)3-7(10)9(8)13-2;1-2-12-9-4-3-7(6-11)5-8(9)10;1-12-6-2-5(4-10)8(11)7(9)3-6;1-12-6-3-2-5(4-10)7(9)8(6)11;2*1-6-2-3-7(5-10)4-8(6)9;1-12-7-3-5(4-10)2-6(9)8(7)11;8-7-3-1-6(5-9)2-4-7;8-7-3-1-2-6(4-7)5-9;8-7-4-2-1-3-6(7)5-9;7-6-1-5(4-9)2-8-3-6/h5-8H,3-4H2,1-2H3;3-6H,1-2H3;3-5H,1-2H3;3-6H,2H2,1H3;2*2-4,11H,1H3;2*2-5H,1H3;2-4,11H,1H3;3*1-5H;1-4H. The Morgan fingerprint density at radius 1 is 0.308 bits per heavy atom. The van der Waals surface area contributed by atoms with E-state index >= 15 is 0 Å². The van der Waals surface area contributed by atoms with Crippen LogP contribution >= 0.6 is 214 Å². The summed E-state index contributed by atoms with van der Waals surface area (Å²) in [5.74, 6) is 3.05. The summed E-state index contributed by atoms with van der Waals surface area (Å²) in [5.41, 5.74) is 12.3. The predicted octanol–water partition coefficient (Wildman–Crippen LogP) is 29.7. The predicted molar refractivity (Wildman–Crippen MR) is 613 cm³/mol. The molecule has 143 heavy (non-hydrogen) atoms. The van der Waals surface area contributed by atoms with E-state index in [2.05, 4.69) is 215 Å². The highest BCUT2D eigenvalue weighted by molar-refractivity contribution is 14.1. The number of halogens is 13. The van der Waals surface area contributed by atoms with Crippen LogP contribution in [0.15, 0.2) is 284 Å². The fourth-order valence-electron chi connectivity index (χ4n) is 10.2. The SMILES string of the molecule is CCN(CC)c1ccc(C=O)cc1Br.CCOc1ccc(C=O)cc1Br.CN(C)c1ccc(C=O)cc1Br.COc1cc(Br)c(O)c(C=O)c1.COc1cc(C=O)cc(Br)c1OC.COc1cc(C=O)cc(I)c1O.COc1ccc(C=O)c(Br)c1O.Cc1ccc(C=O)cc1Br.Cc1ccc(C=O)cc1Br.O=Cc1ccc(Br)cc1.O=Cc1cccc(Br)c1.O=Cc1ccccc1Br.O=Cc1cncc(Br)c1. The Labute approximate surface area is 944 Å². The van der Waals surface area contributed by atoms with E-state index in [4.69, 9.17) is 28.4 Å². The molecule has 13 rings (SSSR count). The third-order valence-electron chi connectivity index (χ3n) is 17.6.